The van der Waals surface area contributed by atoms with Crippen LogP contribution in [0.25, 0.3) is 10.9 Å². The molecule has 0 saturated heterocycles. The van der Waals surface area contributed by atoms with E-state index >= 15 is 0 Å². The molecule has 0 unspecified atom stereocenters. The van der Waals surface area contributed by atoms with Gasteiger partial charge in [-0.3, -0.25) is 9.66 Å². The SMILES string of the molecule is Cl.Fc1cnccc1CCCNn1ccc2cc(OCc3ccccc3)ccc21. The van der Waals surface area contributed by atoms with E-state index in [1.807, 2.05) is 47.3 Å². The molecule has 0 fully saturated rings. The fourth-order valence-corrected chi connectivity index (χ4v) is 3.17. The summed E-state index contributed by atoms with van der Waals surface area (Å²) in [7, 11) is 0. The first kappa shape index (κ1) is 20.7. The van der Waals surface area contributed by atoms with Gasteiger partial charge in [0.2, 0.25) is 0 Å². The summed E-state index contributed by atoms with van der Waals surface area (Å²) >= 11 is 0. The van der Waals surface area contributed by atoms with Crippen LogP contribution in [0.15, 0.2) is 79.3 Å². The van der Waals surface area contributed by atoms with Crippen LogP contribution in [0.2, 0.25) is 0 Å². The first-order valence-electron chi connectivity index (χ1n) is 9.40. The second-order valence-corrected chi connectivity index (χ2v) is 6.66. The molecule has 0 spiro atoms. The zero-order valence-electron chi connectivity index (χ0n) is 15.9. The first-order valence-corrected chi connectivity index (χ1v) is 9.40. The van der Waals surface area contributed by atoms with Gasteiger partial charge in [-0.05, 0) is 54.3 Å². The summed E-state index contributed by atoms with van der Waals surface area (Å²) in [5.74, 6) is 0.610. The van der Waals surface area contributed by atoms with Crippen molar-refractivity contribution in [1.82, 2.24) is 9.66 Å². The molecule has 150 valence electrons. The Morgan fingerprint density at radius 2 is 1.90 bits per heavy atom. The fourth-order valence-electron chi connectivity index (χ4n) is 3.17. The highest BCUT2D eigenvalue weighted by Crippen LogP contribution is 2.22. The Balaban J connectivity index is 0.00000240. The van der Waals surface area contributed by atoms with Gasteiger partial charge >= 0.3 is 0 Å². The van der Waals surface area contributed by atoms with Crippen LogP contribution >= 0.6 is 12.4 Å². The average Bonchev–Trinajstić information content (AvgIpc) is 3.14. The third-order valence-corrected chi connectivity index (χ3v) is 4.67. The van der Waals surface area contributed by atoms with Gasteiger partial charge in [-0.1, -0.05) is 30.3 Å². The highest BCUT2D eigenvalue weighted by Gasteiger charge is 2.04. The molecule has 0 amide bonds. The van der Waals surface area contributed by atoms with Crippen LogP contribution in [0.1, 0.15) is 17.5 Å². The maximum atomic E-state index is 13.6. The quantitative estimate of drug-likeness (QED) is 0.397. The van der Waals surface area contributed by atoms with Gasteiger partial charge in [0.1, 0.15) is 18.2 Å². The van der Waals surface area contributed by atoms with E-state index in [4.69, 9.17) is 4.74 Å². The topological polar surface area (TPSA) is 39.1 Å². The molecule has 0 aliphatic rings. The van der Waals surface area contributed by atoms with Gasteiger partial charge in [0, 0.05) is 24.3 Å². The minimum atomic E-state index is -0.239. The number of aromatic nitrogens is 2. The van der Waals surface area contributed by atoms with E-state index in [0.29, 0.717) is 18.6 Å². The summed E-state index contributed by atoms with van der Waals surface area (Å²) in [6, 6.07) is 20.0. The predicted octanol–water partition coefficient (Wildman–Crippen LogP) is 5.35. The number of ether oxygens (including phenoxy) is 1. The molecule has 4 aromatic rings. The van der Waals surface area contributed by atoms with Gasteiger partial charge in [-0.2, -0.15) is 0 Å². The van der Waals surface area contributed by atoms with Crippen molar-refractivity contribution in [1.29, 1.82) is 0 Å². The van der Waals surface area contributed by atoms with Crippen molar-refractivity contribution in [2.45, 2.75) is 19.4 Å². The maximum absolute atomic E-state index is 13.6. The zero-order valence-corrected chi connectivity index (χ0v) is 16.7. The normalized spacial score (nSPS) is 10.5. The van der Waals surface area contributed by atoms with Crippen LogP contribution in [0.3, 0.4) is 0 Å². The summed E-state index contributed by atoms with van der Waals surface area (Å²) in [5.41, 5.74) is 6.31. The van der Waals surface area contributed by atoms with E-state index in [9.17, 15) is 4.39 Å². The van der Waals surface area contributed by atoms with Crippen molar-refractivity contribution in [3.63, 3.8) is 0 Å². The number of benzene rings is 2. The van der Waals surface area contributed by atoms with Crippen LogP contribution < -0.4 is 10.2 Å². The van der Waals surface area contributed by atoms with Crippen LogP contribution in [-0.4, -0.2) is 16.2 Å². The summed E-state index contributed by atoms with van der Waals surface area (Å²) in [4.78, 5) is 3.78. The van der Waals surface area contributed by atoms with Crippen molar-refractivity contribution in [2.24, 2.45) is 0 Å². The van der Waals surface area contributed by atoms with Crippen LogP contribution in [0, 0.1) is 5.82 Å². The van der Waals surface area contributed by atoms with E-state index in [2.05, 4.69) is 28.6 Å². The van der Waals surface area contributed by atoms with Gasteiger partial charge in [-0.15, -0.1) is 12.4 Å². The molecule has 0 aliphatic heterocycles. The molecule has 2 heterocycles. The largest absolute Gasteiger partial charge is 0.489 e. The second kappa shape index (κ2) is 9.94. The van der Waals surface area contributed by atoms with Gasteiger partial charge in [0.05, 0.1) is 11.7 Å². The van der Waals surface area contributed by atoms with E-state index < -0.39 is 0 Å². The van der Waals surface area contributed by atoms with Crippen LogP contribution in [0.4, 0.5) is 4.39 Å². The summed E-state index contributed by atoms with van der Waals surface area (Å²) < 4.78 is 21.5. The molecule has 2 aromatic carbocycles. The Morgan fingerprint density at radius 3 is 2.72 bits per heavy atom. The second-order valence-electron chi connectivity index (χ2n) is 6.66. The van der Waals surface area contributed by atoms with Crippen molar-refractivity contribution in [3.05, 3.63) is 96.2 Å². The Kier molecular flexibility index (Phi) is 7.09. The number of halogens is 2. The summed E-state index contributed by atoms with van der Waals surface area (Å²) in [6.07, 6.45) is 6.40. The smallest absolute Gasteiger partial charge is 0.144 e. The number of hydrogen-bond donors (Lipinski definition) is 1. The van der Waals surface area contributed by atoms with Crippen molar-refractivity contribution in [3.8, 4) is 5.75 Å². The lowest BCUT2D eigenvalue weighted by Crippen LogP contribution is -2.15. The predicted molar refractivity (Wildman–Crippen MR) is 117 cm³/mol. The summed E-state index contributed by atoms with van der Waals surface area (Å²) in [6.45, 7) is 1.30. The molecule has 0 radical (unpaired) electrons. The molecule has 2 aromatic heterocycles. The Morgan fingerprint density at radius 1 is 1.03 bits per heavy atom. The van der Waals surface area contributed by atoms with Gasteiger partial charge in [-0.25, -0.2) is 4.39 Å². The third kappa shape index (κ3) is 5.27. The average molecular weight is 412 g/mol. The molecule has 6 heteroatoms. The number of aryl methyl sites for hydroxylation is 1. The molecular weight excluding hydrogens is 389 g/mol. The number of pyridine rings is 1. The lowest BCUT2D eigenvalue weighted by molar-refractivity contribution is 0.306. The van der Waals surface area contributed by atoms with E-state index in [-0.39, 0.29) is 18.2 Å². The molecule has 0 saturated carbocycles. The highest BCUT2D eigenvalue weighted by atomic mass is 35.5. The maximum Gasteiger partial charge on any atom is 0.144 e. The zero-order chi connectivity index (χ0) is 19.2. The highest BCUT2D eigenvalue weighted by molar-refractivity contribution is 5.85. The number of hydrogen-bond acceptors (Lipinski definition) is 3. The van der Waals surface area contributed by atoms with E-state index in [0.717, 1.165) is 35.2 Å². The lowest BCUT2D eigenvalue weighted by atomic mass is 10.1. The van der Waals surface area contributed by atoms with Crippen molar-refractivity contribution in [2.75, 3.05) is 12.0 Å². The third-order valence-electron chi connectivity index (χ3n) is 4.67. The number of nitrogens with zero attached hydrogens (tertiary/aromatic N) is 2. The first-order chi connectivity index (χ1) is 13.8. The van der Waals surface area contributed by atoms with Gasteiger partial charge in [0.15, 0.2) is 0 Å². The monoisotopic (exact) mass is 411 g/mol. The standard InChI is InChI=1S/C23H22FN3O.ClH/c24-22-16-25-13-10-19(22)7-4-12-26-27-14-11-20-15-21(8-9-23(20)27)28-17-18-5-2-1-3-6-18;/h1-3,5-6,8-11,13-16,26H,4,7,12,17H2;1H. The van der Waals surface area contributed by atoms with Gasteiger partial charge < -0.3 is 10.2 Å². The molecule has 1 N–H and O–H groups in total. The molecule has 0 bridgehead atoms. The van der Waals surface area contributed by atoms with Gasteiger partial charge in [0.25, 0.3) is 0 Å². The van der Waals surface area contributed by atoms with E-state index in [1.54, 1.807) is 12.3 Å². The molecule has 0 atom stereocenters. The molecule has 0 aliphatic carbocycles. The molecule has 4 nitrogen and oxygen atoms in total. The molecule has 4 rings (SSSR count). The fraction of sp³-hybridized carbons (Fsp3) is 0.174. The van der Waals surface area contributed by atoms with Crippen LogP contribution in [0.5, 0.6) is 5.75 Å². The summed E-state index contributed by atoms with van der Waals surface area (Å²) in [5, 5.41) is 1.11. The minimum absolute atomic E-state index is 0. The Bertz CT molecular complexity index is 1050. The van der Waals surface area contributed by atoms with E-state index in [1.165, 1.54) is 6.20 Å². The van der Waals surface area contributed by atoms with Crippen LogP contribution in [-0.2, 0) is 13.0 Å². The number of nitrogens with one attached hydrogen (secondary N) is 1. The lowest BCUT2D eigenvalue weighted by Gasteiger charge is -2.10. The Hall–Kier alpha value is -3.05. The minimum Gasteiger partial charge on any atom is -0.489 e. The molecular formula is C23H23ClFN3O. The molecule has 29 heavy (non-hydrogen) atoms. The number of fused-ring (bicyclic) bond motifs is 1. The number of rotatable bonds is 8. The van der Waals surface area contributed by atoms with Crippen molar-refractivity contribution < 1.29 is 9.13 Å². The van der Waals surface area contributed by atoms with Crippen molar-refractivity contribution >= 4 is 23.3 Å². The Labute approximate surface area is 175 Å².